The summed E-state index contributed by atoms with van der Waals surface area (Å²) >= 11 is 0. The monoisotopic (exact) mass is 320 g/mol. The van der Waals surface area contributed by atoms with Gasteiger partial charge in [0.25, 0.3) is 0 Å². The minimum atomic E-state index is -0.0941. The number of hydrogen-bond acceptors (Lipinski definition) is 3. The van der Waals surface area contributed by atoms with Crippen molar-refractivity contribution < 1.29 is 9.21 Å². The zero-order valence-corrected chi connectivity index (χ0v) is 14.1. The number of para-hydroxylation sites is 1. The van der Waals surface area contributed by atoms with Crippen molar-refractivity contribution in [1.29, 1.82) is 0 Å². The Bertz CT molecular complexity index is 846. The molecule has 0 aliphatic rings. The van der Waals surface area contributed by atoms with Gasteiger partial charge in [-0.15, -0.1) is 0 Å². The number of nitrogens with zero attached hydrogens (tertiary/aromatic N) is 1. The van der Waals surface area contributed by atoms with E-state index in [2.05, 4.69) is 10.3 Å². The highest BCUT2D eigenvalue weighted by atomic mass is 16.4. The molecule has 4 heteroatoms. The lowest BCUT2D eigenvalue weighted by Crippen LogP contribution is -2.16. The molecule has 0 bridgehead atoms. The zero-order chi connectivity index (χ0) is 17.1. The number of rotatable bonds is 4. The molecule has 1 aromatic heterocycles. The van der Waals surface area contributed by atoms with E-state index in [1.807, 2.05) is 69.3 Å². The third-order valence-corrected chi connectivity index (χ3v) is 3.99. The van der Waals surface area contributed by atoms with Crippen molar-refractivity contribution >= 4 is 11.6 Å². The summed E-state index contributed by atoms with van der Waals surface area (Å²) in [6.07, 6.45) is 0.190. The van der Waals surface area contributed by atoms with E-state index >= 15 is 0 Å². The van der Waals surface area contributed by atoms with Crippen LogP contribution in [0.1, 0.15) is 22.6 Å². The molecule has 1 amide bonds. The molecule has 122 valence electrons. The molecule has 0 atom stereocenters. The van der Waals surface area contributed by atoms with Crippen LogP contribution in [0.25, 0.3) is 11.5 Å². The van der Waals surface area contributed by atoms with Crippen LogP contribution in [0.15, 0.2) is 52.9 Å². The number of carbonyl (C=O) groups excluding carboxylic acids is 1. The van der Waals surface area contributed by atoms with E-state index < -0.39 is 0 Å². The fraction of sp³-hybridized carbons (Fsp3) is 0.200. The van der Waals surface area contributed by atoms with Gasteiger partial charge in [-0.25, -0.2) is 4.98 Å². The van der Waals surface area contributed by atoms with Crippen LogP contribution in [0.5, 0.6) is 0 Å². The van der Waals surface area contributed by atoms with Crippen molar-refractivity contribution in [3.05, 3.63) is 71.1 Å². The predicted octanol–water partition coefficient (Wildman–Crippen LogP) is 4.45. The molecule has 4 nitrogen and oxygen atoms in total. The number of nitrogens with one attached hydrogen (secondary N) is 1. The molecule has 0 aliphatic heterocycles. The number of carbonyl (C=O) groups is 1. The Morgan fingerprint density at radius 2 is 1.67 bits per heavy atom. The number of oxazole rings is 1. The van der Waals surface area contributed by atoms with Gasteiger partial charge in [-0.1, -0.05) is 36.4 Å². The predicted molar refractivity (Wildman–Crippen MR) is 94.9 cm³/mol. The van der Waals surface area contributed by atoms with Gasteiger partial charge in [-0.05, 0) is 44.0 Å². The largest absolute Gasteiger partial charge is 0.441 e. The molecule has 2 aromatic carbocycles. The van der Waals surface area contributed by atoms with Crippen LogP contribution >= 0.6 is 0 Å². The SMILES string of the molecule is Cc1cccc(C)c1NC(=O)Cc1nc(-c2ccccc2)oc1C. The van der Waals surface area contributed by atoms with Crippen LogP contribution in [0, 0.1) is 20.8 Å². The first-order valence-electron chi connectivity index (χ1n) is 7.92. The normalized spacial score (nSPS) is 10.6. The first kappa shape index (κ1) is 16.0. The molecular formula is C20H20N2O2. The molecule has 0 saturated carbocycles. The van der Waals surface area contributed by atoms with Gasteiger partial charge in [0, 0.05) is 11.3 Å². The van der Waals surface area contributed by atoms with E-state index in [9.17, 15) is 4.79 Å². The van der Waals surface area contributed by atoms with Gasteiger partial charge in [0.1, 0.15) is 5.76 Å². The lowest BCUT2D eigenvalue weighted by Gasteiger charge is -2.10. The van der Waals surface area contributed by atoms with Gasteiger partial charge in [0.05, 0.1) is 12.1 Å². The summed E-state index contributed by atoms with van der Waals surface area (Å²) in [4.78, 5) is 16.9. The Morgan fingerprint density at radius 1 is 1.00 bits per heavy atom. The first-order chi connectivity index (χ1) is 11.5. The molecular weight excluding hydrogens is 300 g/mol. The summed E-state index contributed by atoms with van der Waals surface area (Å²) in [6.45, 7) is 5.80. The number of aryl methyl sites for hydroxylation is 3. The van der Waals surface area contributed by atoms with E-state index in [4.69, 9.17) is 4.42 Å². The van der Waals surface area contributed by atoms with E-state index in [-0.39, 0.29) is 12.3 Å². The maximum atomic E-state index is 12.4. The summed E-state index contributed by atoms with van der Waals surface area (Å²) < 4.78 is 5.71. The molecule has 0 spiro atoms. The quantitative estimate of drug-likeness (QED) is 0.773. The van der Waals surface area contributed by atoms with Crippen LogP contribution in [0.3, 0.4) is 0 Å². The third-order valence-electron chi connectivity index (χ3n) is 3.99. The number of amides is 1. The fourth-order valence-corrected chi connectivity index (χ4v) is 2.64. The summed E-state index contributed by atoms with van der Waals surface area (Å²) in [5.41, 5.74) is 4.53. The topological polar surface area (TPSA) is 55.1 Å². The second kappa shape index (κ2) is 6.71. The number of hydrogen-bond donors (Lipinski definition) is 1. The Morgan fingerprint density at radius 3 is 2.33 bits per heavy atom. The van der Waals surface area contributed by atoms with Crippen molar-refractivity contribution in [3.63, 3.8) is 0 Å². The van der Waals surface area contributed by atoms with Crippen molar-refractivity contribution in [1.82, 2.24) is 4.98 Å². The molecule has 0 fully saturated rings. The van der Waals surface area contributed by atoms with Crippen LogP contribution < -0.4 is 5.32 Å². The summed E-state index contributed by atoms with van der Waals surface area (Å²) in [6, 6.07) is 15.6. The molecule has 24 heavy (non-hydrogen) atoms. The number of aromatic nitrogens is 1. The summed E-state index contributed by atoms with van der Waals surface area (Å²) in [7, 11) is 0. The highest BCUT2D eigenvalue weighted by Gasteiger charge is 2.15. The molecule has 1 heterocycles. The lowest BCUT2D eigenvalue weighted by molar-refractivity contribution is -0.115. The van der Waals surface area contributed by atoms with E-state index in [0.717, 1.165) is 22.4 Å². The van der Waals surface area contributed by atoms with Gasteiger partial charge < -0.3 is 9.73 Å². The van der Waals surface area contributed by atoms with Gasteiger partial charge in [-0.3, -0.25) is 4.79 Å². The second-order valence-electron chi connectivity index (χ2n) is 5.88. The van der Waals surface area contributed by atoms with Gasteiger partial charge >= 0.3 is 0 Å². The third kappa shape index (κ3) is 3.38. The molecule has 3 rings (SSSR count). The number of anilines is 1. The van der Waals surface area contributed by atoms with Gasteiger partial charge in [0.15, 0.2) is 0 Å². The van der Waals surface area contributed by atoms with E-state index in [1.54, 1.807) is 0 Å². The minimum absolute atomic E-state index is 0.0941. The Kier molecular flexibility index (Phi) is 4.47. The van der Waals surface area contributed by atoms with Crippen LogP contribution in [0.4, 0.5) is 5.69 Å². The lowest BCUT2D eigenvalue weighted by atomic mass is 10.1. The van der Waals surface area contributed by atoms with Crippen LogP contribution in [-0.4, -0.2) is 10.9 Å². The maximum Gasteiger partial charge on any atom is 0.230 e. The van der Waals surface area contributed by atoms with E-state index in [1.165, 1.54) is 0 Å². The molecule has 0 unspecified atom stereocenters. The molecule has 3 aromatic rings. The zero-order valence-electron chi connectivity index (χ0n) is 14.1. The minimum Gasteiger partial charge on any atom is -0.441 e. The van der Waals surface area contributed by atoms with Crippen LogP contribution in [-0.2, 0) is 11.2 Å². The Labute approximate surface area is 141 Å². The average molecular weight is 320 g/mol. The summed E-state index contributed by atoms with van der Waals surface area (Å²) in [5, 5.41) is 2.98. The maximum absolute atomic E-state index is 12.4. The number of benzene rings is 2. The average Bonchev–Trinajstić information content (AvgIpc) is 2.93. The second-order valence-corrected chi connectivity index (χ2v) is 5.88. The molecule has 0 radical (unpaired) electrons. The van der Waals surface area contributed by atoms with Crippen molar-refractivity contribution in [2.24, 2.45) is 0 Å². The van der Waals surface area contributed by atoms with Crippen molar-refractivity contribution in [2.75, 3.05) is 5.32 Å². The first-order valence-corrected chi connectivity index (χ1v) is 7.92. The molecule has 0 aliphatic carbocycles. The molecule has 1 N–H and O–H groups in total. The van der Waals surface area contributed by atoms with Crippen molar-refractivity contribution in [3.8, 4) is 11.5 Å². The fourth-order valence-electron chi connectivity index (χ4n) is 2.64. The van der Waals surface area contributed by atoms with Gasteiger partial charge in [-0.2, -0.15) is 0 Å². The standard InChI is InChI=1S/C20H20N2O2/c1-13-8-7-9-14(2)19(13)22-18(23)12-17-15(3)24-20(21-17)16-10-5-4-6-11-16/h4-11H,12H2,1-3H3,(H,22,23). The Balaban J connectivity index is 1.77. The van der Waals surface area contributed by atoms with Crippen LogP contribution in [0.2, 0.25) is 0 Å². The Hall–Kier alpha value is -2.88. The summed E-state index contributed by atoms with van der Waals surface area (Å²) in [5.74, 6) is 1.12. The molecule has 0 saturated heterocycles. The highest BCUT2D eigenvalue weighted by molar-refractivity contribution is 5.93. The van der Waals surface area contributed by atoms with Crippen molar-refractivity contribution in [2.45, 2.75) is 27.2 Å². The van der Waals surface area contributed by atoms with E-state index in [0.29, 0.717) is 17.3 Å². The highest BCUT2D eigenvalue weighted by Crippen LogP contribution is 2.23. The smallest absolute Gasteiger partial charge is 0.230 e. The van der Waals surface area contributed by atoms with Gasteiger partial charge in [0.2, 0.25) is 11.8 Å².